The molecular formula is C14H22O2. The van der Waals surface area contributed by atoms with Gasteiger partial charge in [-0.1, -0.05) is 26.8 Å². The number of allylic oxidation sites excluding steroid dienone is 4. The largest absolute Gasteiger partial charge is 0.512 e. The van der Waals surface area contributed by atoms with Crippen LogP contribution in [0.2, 0.25) is 0 Å². The normalized spacial score (nSPS) is 25.3. The first kappa shape index (κ1) is 13.0. The average molecular weight is 222 g/mol. The van der Waals surface area contributed by atoms with Crippen molar-refractivity contribution < 1.29 is 9.90 Å². The van der Waals surface area contributed by atoms with Crippen LogP contribution < -0.4 is 0 Å². The minimum atomic E-state index is -0.319. The fourth-order valence-electron chi connectivity index (χ4n) is 2.38. The zero-order chi connectivity index (χ0) is 12.3. The Morgan fingerprint density at radius 3 is 2.56 bits per heavy atom. The van der Waals surface area contributed by atoms with Crippen molar-refractivity contribution in [3.63, 3.8) is 0 Å². The van der Waals surface area contributed by atoms with Gasteiger partial charge in [0.15, 0.2) is 0 Å². The average Bonchev–Trinajstić information content (AvgIpc) is 2.14. The molecule has 2 heteroatoms. The van der Waals surface area contributed by atoms with Crippen LogP contribution >= 0.6 is 0 Å². The highest BCUT2D eigenvalue weighted by Crippen LogP contribution is 2.32. The van der Waals surface area contributed by atoms with Crippen molar-refractivity contribution in [1.82, 2.24) is 0 Å². The van der Waals surface area contributed by atoms with E-state index in [1.165, 1.54) is 0 Å². The van der Waals surface area contributed by atoms with Crippen LogP contribution in [0.3, 0.4) is 0 Å². The first-order valence-electron chi connectivity index (χ1n) is 6.07. The van der Waals surface area contributed by atoms with E-state index in [1.54, 1.807) is 13.0 Å². The molecule has 0 saturated carbocycles. The van der Waals surface area contributed by atoms with E-state index in [-0.39, 0.29) is 23.4 Å². The maximum Gasteiger partial charge on any atom is 0.141 e. The van der Waals surface area contributed by atoms with Crippen LogP contribution in [0.15, 0.2) is 23.5 Å². The van der Waals surface area contributed by atoms with Gasteiger partial charge in [-0.05, 0) is 43.3 Å². The second-order valence-corrected chi connectivity index (χ2v) is 5.07. The predicted molar refractivity (Wildman–Crippen MR) is 66.2 cm³/mol. The molecular weight excluding hydrogens is 200 g/mol. The number of hydrogen-bond donors (Lipinski definition) is 1. The van der Waals surface area contributed by atoms with Crippen LogP contribution in [0, 0.1) is 17.8 Å². The summed E-state index contributed by atoms with van der Waals surface area (Å²) in [5.74, 6) is 0.719. The fraction of sp³-hybridized carbons (Fsp3) is 0.643. The Hall–Kier alpha value is -1.05. The molecule has 1 aliphatic carbocycles. The number of ketones is 1. The molecule has 0 aromatic heterocycles. The van der Waals surface area contributed by atoms with Crippen LogP contribution in [-0.2, 0) is 4.79 Å². The number of carbonyl (C=O) groups excluding carboxylic acids is 1. The summed E-state index contributed by atoms with van der Waals surface area (Å²) in [6.07, 6.45) is 5.79. The minimum absolute atomic E-state index is 0.0560. The second-order valence-electron chi connectivity index (χ2n) is 5.07. The summed E-state index contributed by atoms with van der Waals surface area (Å²) in [6, 6.07) is 0. The minimum Gasteiger partial charge on any atom is -0.512 e. The molecule has 1 aliphatic rings. The Bertz CT molecular complexity index is 324. The second kappa shape index (κ2) is 5.33. The number of aliphatic hydroxyl groups excluding tert-OH is 1. The molecule has 1 rings (SSSR count). The third-order valence-corrected chi connectivity index (χ3v) is 3.06. The molecule has 0 spiro atoms. The van der Waals surface area contributed by atoms with Crippen molar-refractivity contribution in [3.05, 3.63) is 23.5 Å². The molecule has 1 N–H and O–H groups in total. The summed E-state index contributed by atoms with van der Waals surface area (Å²) in [4.78, 5) is 11.5. The van der Waals surface area contributed by atoms with Gasteiger partial charge in [-0.25, -0.2) is 0 Å². The van der Waals surface area contributed by atoms with Crippen LogP contribution in [0.4, 0.5) is 0 Å². The molecule has 0 aromatic rings. The smallest absolute Gasteiger partial charge is 0.141 e. The zero-order valence-corrected chi connectivity index (χ0v) is 10.7. The number of carbonyl (C=O) groups is 1. The maximum absolute atomic E-state index is 11.5. The quantitative estimate of drug-likeness (QED) is 0.788. The lowest BCUT2D eigenvalue weighted by Crippen LogP contribution is -2.25. The van der Waals surface area contributed by atoms with Crippen molar-refractivity contribution in [2.45, 2.75) is 40.5 Å². The van der Waals surface area contributed by atoms with Gasteiger partial charge >= 0.3 is 0 Å². The van der Waals surface area contributed by atoms with Gasteiger partial charge in [0.2, 0.25) is 0 Å². The topological polar surface area (TPSA) is 37.3 Å². The number of hydrogen-bond acceptors (Lipinski definition) is 2. The van der Waals surface area contributed by atoms with Crippen molar-refractivity contribution >= 4 is 5.78 Å². The third kappa shape index (κ3) is 2.97. The van der Waals surface area contributed by atoms with Crippen LogP contribution in [0.1, 0.15) is 40.5 Å². The number of aliphatic hydroxyl groups is 1. The Kier molecular flexibility index (Phi) is 4.34. The molecule has 0 amide bonds. The molecule has 2 atom stereocenters. The molecule has 2 nitrogen and oxygen atoms in total. The zero-order valence-electron chi connectivity index (χ0n) is 10.7. The van der Waals surface area contributed by atoms with Gasteiger partial charge in [-0.15, -0.1) is 0 Å². The molecule has 0 saturated heterocycles. The Labute approximate surface area is 98.1 Å². The van der Waals surface area contributed by atoms with Gasteiger partial charge in [-0.2, -0.15) is 0 Å². The van der Waals surface area contributed by atoms with Crippen molar-refractivity contribution in [3.8, 4) is 0 Å². The SMILES string of the molecule is CCC1C=C(CC(C)C)C=C(O)C1C(C)=O. The maximum atomic E-state index is 11.5. The molecule has 0 fully saturated rings. The van der Waals surface area contributed by atoms with E-state index in [4.69, 9.17) is 0 Å². The number of Topliss-reactive ketones (excluding diaryl/α,β-unsaturated/α-hetero) is 1. The van der Waals surface area contributed by atoms with Gasteiger partial charge in [0.25, 0.3) is 0 Å². The molecule has 16 heavy (non-hydrogen) atoms. The van der Waals surface area contributed by atoms with E-state index in [0.717, 1.165) is 18.4 Å². The first-order chi connectivity index (χ1) is 7.45. The summed E-state index contributed by atoms with van der Waals surface area (Å²) in [5.41, 5.74) is 1.16. The molecule has 2 unspecified atom stereocenters. The summed E-state index contributed by atoms with van der Waals surface area (Å²) >= 11 is 0. The molecule has 0 bridgehead atoms. The van der Waals surface area contributed by atoms with Gasteiger partial charge in [0, 0.05) is 0 Å². The third-order valence-electron chi connectivity index (χ3n) is 3.06. The Balaban J connectivity index is 2.91. The highest BCUT2D eigenvalue weighted by Gasteiger charge is 2.29. The van der Waals surface area contributed by atoms with Crippen molar-refractivity contribution in [2.75, 3.05) is 0 Å². The first-order valence-corrected chi connectivity index (χ1v) is 6.07. The van der Waals surface area contributed by atoms with E-state index in [0.29, 0.717) is 5.92 Å². The lowest BCUT2D eigenvalue weighted by atomic mass is 9.79. The highest BCUT2D eigenvalue weighted by atomic mass is 16.3. The van der Waals surface area contributed by atoms with E-state index in [2.05, 4.69) is 26.8 Å². The van der Waals surface area contributed by atoms with Gasteiger partial charge < -0.3 is 5.11 Å². The van der Waals surface area contributed by atoms with E-state index >= 15 is 0 Å². The van der Waals surface area contributed by atoms with E-state index < -0.39 is 0 Å². The molecule has 0 aromatic carbocycles. The van der Waals surface area contributed by atoms with Crippen molar-refractivity contribution in [1.29, 1.82) is 0 Å². The van der Waals surface area contributed by atoms with Crippen LogP contribution in [0.5, 0.6) is 0 Å². The summed E-state index contributed by atoms with van der Waals surface area (Å²) in [5, 5.41) is 9.92. The van der Waals surface area contributed by atoms with Gasteiger partial charge in [-0.3, -0.25) is 4.79 Å². The standard InChI is InChI=1S/C14H22O2/c1-5-12-7-11(6-9(2)3)8-13(16)14(12)10(4)15/h7-9,12,14,16H,5-6H2,1-4H3. The molecule has 90 valence electrons. The van der Waals surface area contributed by atoms with Crippen molar-refractivity contribution in [2.24, 2.45) is 17.8 Å². The summed E-state index contributed by atoms with van der Waals surface area (Å²) in [6.45, 7) is 7.93. The Morgan fingerprint density at radius 2 is 2.12 bits per heavy atom. The van der Waals surface area contributed by atoms with Gasteiger partial charge in [0.05, 0.1) is 5.92 Å². The van der Waals surface area contributed by atoms with E-state index in [1.807, 2.05) is 0 Å². The summed E-state index contributed by atoms with van der Waals surface area (Å²) in [7, 11) is 0. The van der Waals surface area contributed by atoms with Crippen LogP contribution in [0.25, 0.3) is 0 Å². The lowest BCUT2D eigenvalue weighted by molar-refractivity contribution is -0.121. The highest BCUT2D eigenvalue weighted by molar-refractivity contribution is 5.81. The lowest BCUT2D eigenvalue weighted by Gasteiger charge is -2.26. The van der Waals surface area contributed by atoms with Crippen LogP contribution in [-0.4, -0.2) is 10.9 Å². The molecule has 0 heterocycles. The van der Waals surface area contributed by atoms with Gasteiger partial charge in [0.1, 0.15) is 11.5 Å². The monoisotopic (exact) mass is 222 g/mol. The molecule has 0 radical (unpaired) electrons. The van der Waals surface area contributed by atoms with E-state index in [9.17, 15) is 9.90 Å². The number of rotatable bonds is 4. The predicted octanol–water partition coefficient (Wildman–Crippen LogP) is 3.65. The molecule has 0 aliphatic heterocycles. The Morgan fingerprint density at radius 1 is 1.50 bits per heavy atom. The summed E-state index contributed by atoms with van der Waals surface area (Å²) < 4.78 is 0. The fourth-order valence-corrected chi connectivity index (χ4v) is 2.38.